The van der Waals surface area contributed by atoms with E-state index in [4.69, 9.17) is 0 Å². The molecule has 1 N–H and O–H groups in total. The highest BCUT2D eigenvalue weighted by Crippen LogP contribution is 2.30. The van der Waals surface area contributed by atoms with Crippen molar-refractivity contribution in [1.29, 1.82) is 0 Å². The number of halogens is 3. The summed E-state index contributed by atoms with van der Waals surface area (Å²) in [5, 5.41) is 4.13. The number of hydrogen-bond acceptors (Lipinski definition) is 2. The number of aromatic nitrogens is 1. The SMILES string of the molecule is CNCc1cccc2ccn(CCSC(F)(F)F)c12. The minimum absolute atomic E-state index is 0.0231. The molecule has 2 nitrogen and oxygen atoms in total. The maximum absolute atomic E-state index is 12.1. The molecular weight excluding hydrogens is 273 g/mol. The Hall–Kier alpha value is -1.14. The van der Waals surface area contributed by atoms with Gasteiger partial charge in [0.1, 0.15) is 0 Å². The summed E-state index contributed by atoms with van der Waals surface area (Å²) in [4.78, 5) is 0. The molecule has 0 aliphatic carbocycles. The monoisotopic (exact) mass is 288 g/mol. The molecule has 0 saturated carbocycles. The van der Waals surface area contributed by atoms with Crippen LogP contribution in [0.15, 0.2) is 30.5 Å². The third kappa shape index (κ3) is 3.67. The Balaban J connectivity index is 2.19. The van der Waals surface area contributed by atoms with E-state index < -0.39 is 5.51 Å². The molecule has 2 aromatic rings. The van der Waals surface area contributed by atoms with Gasteiger partial charge in [-0.05, 0) is 35.8 Å². The van der Waals surface area contributed by atoms with Crippen LogP contribution in [0.5, 0.6) is 0 Å². The zero-order chi connectivity index (χ0) is 13.9. The zero-order valence-corrected chi connectivity index (χ0v) is 11.3. The fourth-order valence-corrected chi connectivity index (χ4v) is 2.64. The molecule has 19 heavy (non-hydrogen) atoms. The topological polar surface area (TPSA) is 17.0 Å². The lowest BCUT2D eigenvalue weighted by Crippen LogP contribution is -2.09. The Labute approximate surface area is 114 Å². The first-order valence-electron chi connectivity index (χ1n) is 5.93. The average Bonchev–Trinajstić information content (AvgIpc) is 2.73. The van der Waals surface area contributed by atoms with Crippen LogP contribution in [-0.2, 0) is 13.1 Å². The lowest BCUT2D eigenvalue weighted by atomic mass is 10.1. The van der Waals surface area contributed by atoms with Crippen molar-refractivity contribution in [2.45, 2.75) is 18.6 Å². The molecule has 1 aromatic carbocycles. The Bertz CT molecular complexity index is 548. The van der Waals surface area contributed by atoms with Gasteiger partial charge in [-0.25, -0.2) is 0 Å². The van der Waals surface area contributed by atoms with Gasteiger partial charge in [0.25, 0.3) is 0 Å². The molecule has 0 fully saturated rings. The predicted molar refractivity (Wildman–Crippen MR) is 73.2 cm³/mol. The number of fused-ring (bicyclic) bond motifs is 1. The minimum Gasteiger partial charge on any atom is -0.346 e. The normalized spacial score (nSPS) is 12.2. The fourth-order valence-electron chi connectivity index (χ4n) is 2.12. The molecule has 104 valence electrons. The number of para-hydroxylation sites is 1. The molecule has 0 atom stereocenters. The van der Waals surface area contributed by atoms with E-state index in [2.05, 4.69) is 5.32 Å². The summed E-state index contributed by atoms with van der Waals surface area (Å²) in [6.45, 7) is 1.06. The fraction of sp³-hybridized carbons (Fsp3) is 0.385. The molecule has 1 aromatic heterocycles. The third-order valence-corrected chi connectivity index (χ3v) is 3.55. The standard InChI is InChI=1S/C13H15F3N2S/c1-17-9-11-4-2-3-10-5-6-18(12(10)11)7-8-19-13(14,15)16/h2-6,17H,7-9H2,1H3. The number of alkyl halides is 3. The highest BCUT2D eigenvalue weighted by atomic mass is 32.2. The van der Waals surface area contributed by atoms with Crippen LogP contribution in [0.3, 0.4) is 0 Å². The number of rotatable bonds is 5. The van der Waals surface area contributed by atoms with Gasteiger partial charge >= 0.3 is 5.51 Å². The summed E-state index contributed by atoms with van der Waals surface area (Å²) >= 11 is 0.0231. The molecule has 0 amide bonds. The van der Waals surface area contributed by atoms with Crippen LogP contribution in [0.4, 0.5) is 13.2 Å². The van der Waals surface area contributed by atoms with E-state index in [-0.39, 0.29) is 17.5 Å². The number of benzene rings is 1. The van der Waals surface area contributed by atoms with Crippen LogP contribution < -0.4 is 5.32 Å². The van der Waals surface area contributed by atoms with Crippen molar-refractivity contribution in [3.8, 4) is 0 Å². The van der Waals surface area contributed by atoms with Gasteiger partial charge in [-0.2, -0.15) is 13.2 Å². The molecule has 0 spiro atoms. The largest absolute Gasteiger partial charge is 0.441 e. The van der Waals surface area contributed by atoms with Crippen molar-refractivity contribution in [2.75, 3.05) is 12.8 Å². The summed E-state index contributed by atoms with van der Waals surface area (Å²) < 4.78 is 38.3. The van der Waals surface area contributed by atoms with Crippen molar-refractivity contribution >= 4 is 22.7 Å². The highest BCUT2D eigenvalue weighted by molar-refractivity contribution is 8.00. The van der Waals surface area contributed by atoms with E-state index >= 15 is 0 Å². The Kier molecular flexibility index (Phi) is 4.42. The van der Waals surface area contributed by atoms with E-state index in [1.807, 2.05) is 42.1 Å². The predicted octanol–water partition coefficient (Wildman–Crippen LogP) is 3.61. The number of thioether (sulfide) groups is 1. The molecule has 0 aliphatic rings. The summed E-state index contributed by atoms with van der Waals surface area (Å²) in [5.74, 6) is 0.0289. The first-order chi connectivity index (χ1) is 9.01. The van der Waals surface area contributed by atoms with Gasteiger partial charge in [0.2, 0.25) is 0 Å². The zero-order valence-electron chi connectivity index (χ0n) is 10.5. The molecule has 0 saturated heterocycles. The Morgan fingerprint density at radius 3 is 2.74 bits per heavy atom. The minimum atomic E-state index is -4.16. The smallest absolute Gasteiger partial charge is 0.346 e. The summed E-state index contributed by atoms with van der Waals surface area (Å²) in [6.07, 6.45) is 1.85. The Morgan fingerprint density at radius 2 is 2.05 bits per heavy atom. The molecule has 0 unspecified atom stereocenters. The van der Waals surface area contributed by atoms with Gasteiger partial charge in [0, 0.05) is 25.0 Å². The average molecular weight is 288 g/mol. The maximum atomic E-state index is 12.1. The van der Waals surface area contributed by atoms with Crippen molar-refractivity contribution in [2.24, 2.45) is 0 Å². The molecule has 0 aliphatic heterocycles. The Morgan fingerprint density at radius 1 is 1.26 bits per heavy atom. The van der Waals surface area contributed by atoms with E-state index in [0.29, 0.717) is 13.1 Å². The summed E-state index contributed by atoms with van der Waals surface area (Å²) in [5.41, 5.74) is -2.04. The van der Waals surface area contributed by atoms with Crippen LogP contribution in [0.2, 0.25) is 0 Å². The first-order valence-corrected chi connectivity index (χ1v) is 6.92. The molecule has 1 heterocycles. The molecule has 0 radical (unpaired) electrons. The first kappa shape index (κ1) is 14.3. The maximum Gasteiger partial charge on any atom is 0.441 e. The van der Waals surface area contributed by atoms with Gasteiger partial charge in [-0.1, -0.05) is 18.2 Å². The lowest BCUT2D eigenvalue weighted by molar-refractivity contribution is -0.0328. The lowest BCUT2D eigenvalue weighted by Gasteiger charge is -2.10. The van der Waals surface area contributed by atoms with E-state index in [0.717, 1.165) is 16.5 Å². The number of hydrogen-bond donors (Lipinski definition) is 1. The van der Waals surface area contributed by atoms with Gasteiger partial charge in [-0.3, -0.25) is 0 Å². The van der Waals surface area contributed by atoms with E-state index in [9.17, 15) is 13.2 Å². The highest BCUT2D eigenvalue weighted by Gasteiger charge is 2.27. The second kappa shape index (κ2) is 5.88. The van der Waals surface area contributed by atoms with Gasteiger partial charge in [0.15, 0.2) is 0 Å². The third-order valence-electron chi connectivity index (χ3n) is 2.84. The van der Waals surface area contributed by atoms with Crippen molar-refractivity contribution in [3.05, 3.63) is 36.0 Å². The van der Waals surface area contributed by atoms with Crippen LogP contribution >= 0.6 is 11.8 Å². The molecule has 0 bridgehead atoms. The second-order valence-electron chi connectivity index (χ2n) is 4.19. The molecular formula is C13H15F3N2S. The number of nitrogens with one attached hydrogen (secondary N) is 1. The van der Waals surface area contributed by atoms with Gasteiger partial charge in [0.05, 0.1) is 5.52 Å². The van der Waals surface area contributed by atoms with Crippen LogP contribution in [0, 0.1) is 0 Å². The molecule has 6 heteroatoms. The second-order valence-corrected chi connectivity index (χ2v) is 5.35. The summed E-state index contributed by atoms with van der Waals surface area (Å²) in [7, 11) is 1.85. The van der Waals surface area contributed by atoms with Crippen molar-refractivity contribution < 1.29 is 13.2 Å². The van der Waals surface area contributed by atoms with Gasteiger partial charge in [-0.15, -0.1) is 0 Å². The van der Waals surface area contributed by atoms with Crippen LogP contribution in [0.1, 0.15) is 5.56 Å². The summed E-state index contributed by atoms with van der Waals surface area (Å²) in [6, 6.07) is 7.87. The quantitative estimate of drug-likeness (QED) is 0.905. The van der Waals surface area contributed by atoms with Crippen molar-refractivity contribution in [1.82, 2.24) is 9.88 Å². The van der Waals surface area contributed by atoms with Crippen LogP contribution in [-0.4, -0.2) is 22.9 Å². The van der Waals surface area contributed by atoms with Crippen LogP contribution in [0.25, 0.3) is 10.9 Å². The van der Waals surface area contributed by atoms with Crippen molar-refractivity contribution in [3.63, 3.8) is 0 Å². The van der Waals surface area contributed by atoms with E-state index in [1.54, 1.807) is 0 Å². The number of aryl methyl sites for hydroxylation is 1. The molecule has 2 rings (SSSR count). The van der Waals surface area contributed by atoms with Gasteiger partial charge < -0.3 is 9.88 Å². The van der Waals surface area contributed by atoms with E-state index in [1.165, 1.54) is 0 Å². The number of nitrogens with zero attached hydrogens (tertiary/aromatic N) is 1.